The maximum Gasteiger partial charge on any atom is 0.285 e. The van der Waals surface area contributed by atoms with E-state index in [0.29, 0.717) is 21.5 Å². The second-order valence-corrected chi connectivity index (χ2v) is 7.86. The first-order chi connectivity index (χ1) is 8.99. The molecule has 0 amide bonds. The van der Waals surface area contributed by atoms with Crippen LogP contribution in [0.2, 0.25) is 0 Å². The van der Waals surface area contributed by atoms with E-state index in [1.165, 1.54) is 0 Å². The standard InChI is InChI=1S/C13H15BrN2O2S/c1-9-6-7-16(8-11(9)14)13-10-4-2-3-5-12(10)19(17,18)15-13/h2-5,9,11H,6-8H2,1H3. The monoisotopic (exact) mass is 342 g/mol. The van der Waals surface area contributed by atoms with E-state index in [1.54, 1.807) is 12.1 Å². The highest BCUT2D eigenvalue weighted by atomic mass is 79.9. The molecule has 1 fully saturated rings. The van der Waals surface area contributed by atoms with Gasteiger partial charge in [-0.05, 0) is 24.5 Å². The van der Waals surface area contributed by atoms with Crippen LogP contribution in [0.1, 0.15) is 18.9 Å². The molecule has 0 bridgehead atoms. The Labute approximate surface area is 121 Å². The van der Waals surface area contributed by atoms with Crippen LogP contribution in [0.25, 0.3) is 0 Å². The zero-order valence-corrected chi connectivity index (χ0v) is 13.0. The van der Waals surface area contributed by atoms with Crippen LogP contribution in [0.3, 0.4) is 0 Å². The third kappa shape index (κ3) is 2.21. The molecule has 2 heterocycles. The number of hydrogen-bond acceptors (Lipinski definition) is 3. The normalized spacial score (nSPS) is 28.9. The highest BCUT2D eigenvalue weighted by Crippen LogP contribution is 2.31. The second-order valence-electron chi connectivity index (χ2n) is 5.11. The Morgan fingerprint density at radius 3 is 2.84 bits per heavy atom. The predicted octanol–water partition coefficient (Wildman–Crippen LogP) is 2.24. The molecule has 0 radical (unpaired) electrons. The van der Waals surface area contributed by atoms with Gasteiger partial charge < -0.3 is 4.90 Å². The van der Waals surface area contributed by atoms with Crippen molar-refractivity contribution in [3.8, 4) is 0 Å². The van der Waals surface area contributed by atoms with Crippen LogP contribution >= 0.6 is 15.9 Å². The van der Waals surface area contributed by atoms with E-state index in [9.17, 15) is 8.42 Å². The van der Waals surface area contributed by atoms with Crippen molar-refractivity contribution in [2.75, 3.05) is 13.1 Å². The SMILES string of the molecule is CC1CCN(C2=NS(=O)(=O)c3ccccc32)CC1Br. The molecule has 2 unspecified atom stereocenters. The van der Waals surface area contributed by atoms with Gasteiger partial charge >= 0.3 is 0 Å². The van der Waals surface area contributed by atoms with E-state index in [4.69, 9.17) is 0 Å². The van der Waals surface area contributed by atoms with Crippen LogP contribution in [-0.2, 0) is 10.0 Å². The number of piperidine rings is 1. The van der Waals surface area contributed by atoms with Gasteiger partial charge in [0.25, 0.3) is 10.0 Å². The first kappa shape index (κ1) is 13.1. The summed E-state index contributed by atoms with van der Waals surface area (Å²) in [6, 6.07) is 7.05. The average molecular weight is 343 g/mol. The van der Waals surface area contributed by atoms with Crippen molar-refractivity contribution in [1.29, 1.82) is 0 Å². The molecule has 3 rings (SSSR count). The zero-order chi connectivity index (χ0) is 13.6. The summed E-state index contributed by atoms with van der Waals surface area (Å²) in [5, 5.41) is 0. The van der Waals surface area contributed by atoms with Crippen LogP contribution in [-0.4, -0.2) is 37.1 Å². The summed E-state index contributed by atoms with van der Waals surface area (Å²) in [5.74, 6) is 1.21. The van der Waals surface area contributed by atoms with Crippen LogP contribution in [0, 0.1) is 5.92 Å². The van der Waals surface area contributed by atoms with Gasteiger partial charge in [-0.3, -0.25) is 0 Å². The van der Waals surface area contributed by atoms with Crippen molar-refractivity contribution in [1.82, 2.24) is 4.90 Å². The summed E-state index contributed by atoms with van der Waals surface area (Å²) in [5.41, 5.74) is 0.733. The Kier molecular flexibility index (Phi) is 3.17. The molecule has 1 aromatic carbocycles. The van der Waals surface area contributed by atoms with Gasteiger partial charge in [-0.1, -0.05) is 35.0 Å². The molecule has 6 heteroatoms. The molecule has 1 saturated heterocycles. The van der Waals surface area contributed by atoms with Crippen molar-refractivity contribution >= 4 is 31.8 Å². The molecule has 0 N–H and O–H groups in total. The number of amidine groups is 1. The van der Waals surface area contributed by atoms with E-state index in [0.717, 1.165) is 25.1 Å². The molecule has 2 aliphatic heterocycles. The van der Waals surface area contributed by atoms with Crippen LogP contribution in [0.5, 0.6) is 0 Å². The number of nitrogens with zero attached hydrogens (tertiary/aromatic N) is 2. The largest absolute Gasteiger partial charge is 0.354 e. The van der Waals surface area contributed by atoms with E-state index in [-0.39, 0.29) is 0 Å². The van der Waals surface area contributed by atoms with Crippen molar-refractivity contribution < 1.29 is 8.42 Å². The first-order valence-corrected chi connectivity index (χ1v) is 8.68. The fraction of sp³-hybridized carbons (Fsp3) is 0.462. The van der Waals surface area contributed by atoms with E-state index >= 15 is 0 Å². The Balaban J connectivity index is 1.99. The minimum atomic E-state index is -3.50. The van der Waals surface area contributed by atoms with Crippen molar-refractivity contribution in [2.45, 2.75) is 23.1 Å². The van der Waals surface area contributed by atoms with Gasteiger partial charge in [-0.15, -0.1) is 4.40 Å². The van der Waals surface area contributed by atoms with Gasteiger partial charge in [0.15, 0.2) is 5.84 Å². The van der Waals surface area contributed by atoms with E-state index in [1.807, 2.05) is 12.1 Å². The molecular weight excluding hydrogens is 328 g/mol. The Morgan fingerprint density at radius 2 is 2.11 bits per heavy atom. The third-order valence-electron chi connectivity index (χ3n) is 3.78. The number of likely N-dealkylation sites (tertiary alicyclic amines) is 1. The summed E-state index contributed by atoms with van der Waals surface area (Å²) in [6.07, 6.45) is 1.04. The summed E-state index contributed by atoms with van der Waals surface area (Å²) in [4.78, 5) is 2.78. The topological polar surface area (TPSA) is 49.7 Å². The molecule has 2 aliphatic rings. The van der Waals surface area contributed by atoms with Gasteiger partial charge in [0.1, 0.15) is 4.90 Å². The molecule has 4 nitrogen and oxygen atoms in total. The summed E-state index contributed by atoms with van der Waals surface area (Å²) in [7, 11) is -3.50. The Hall–Kier alpha value is -0.880. The predicted molar refractivity (Wildman–Crippen MR) is 78.2 cm³/mol. The summed E-state index contributed by atoms with van der Waals surface area (Å²) < 4.78 is 28.0. The van der Waals surface area contributed by atoms with E-state index < -0.39 is 10.0 Å². The highest BCUT2D eigenvalue weighted by molar-refractivity contribution is 9.09. The summed E-state index contributed by atoms with van der Waals surface area (Å²) >= 11 is 3.66. The molecule has 0 aromatic heterocycles. The number of rotatable bonds is 0. The Bertz CT molecular complexity index is 642. The fourth-order valence-corrected chi connectivity index (χ4v) is 4.37. The molecule has 0 saturated carbocycles. The lowest BCUT2D eigenvalue weighted by molar-refractivity contribution is 0.293. The maximum atomic E-state index is 12.0. The molecule has 19 heavy (non-hydrogen) atoms. The number of hydrogen-bond donors (Lipinski definition) is 0. The van der Waals surface area contributed by atoms with E-state index in [2.05, 4.69) is 32.2 Å². The van der Waals surface area contributed by atoms with Gasteiger partial charge in [0.2, 0.25) is 0 Å². The number of alkyl halides is 1. The summed E-state index contributed by atoms with van der Waals surface area (Å²) in [6.45, 7) is 3.85. The number of sulfonamides is 1. The minimum absolute atomic E-state index is 0.328. The molecule has 0 aliphatic carbocycles. The fourth-order valence-electron chi connectivity index (χ4n) is 2.53. The molecular formula is C13H15BrN2O2S. The molecule has 102 valence electrons. The number of benzene rings is 1. The maximum absolute atomic E-state index is 12.0. The zero-order valence-electron chi connectivity index (χ0n) is 10.6. The number of halogens is 1. The average Bonchev–Trinajstić information content (AvgIpc) is 2.66. The highest BCUT2D eigenvalue weighted by Gasteiger charge is 2.34. The Morgan fingerprint density at radius 1 is 1.37 bits per heavy atom. The lowest BCUT2D eigenvalue weighted by atomic mass is 9.98. The van der Waals surface area contributed by atoms with Gasteiger partial charge in [0.05, 0.1) is 0 Å². The molecule has 2 atom stereocenters. The first-order valence-electron chi connectivity index (χ1n) is 6.32. The van der Waals surface area contributed by atoms with Crippen molar-refractivity contribution in [3.05, 3.63) is 29.8 Å². The lowest BCUT2D eigenvalue weighted by Crippen LogP contribution is -2.43. The van der Waals surface area contributed by atoms with Crippen LogP contribution in [0.15, 0.2) is 33.6 Å². The van der Waals surface area contributed by atoms with Crippen molar-refractivity contribution in [3.63, 3.8) is 0 Å². The molecule has 1 aromatic rings. The van der Waals surface area contributed by atoms with Crippen molar-refractivity contribution in [2.24, 2.45) is 10.3 Å². The molecule has 0 spiro atoms. The smallest absolute Gasteiger partial charge is 0.285 e. The quantitative estimate of drug-likeness (QED) is 0.679. The van der Waals surface area contributed by atoms with Gasteiger partial charge in [-0.2, -0.15) is 8.42 Å². The minimum Gasteiger partial charge on any atom is -0.354 e. The lowest BCUT2D eigenvalue weighted by Gasteiger charge is -2.35. The van der Waals surface area contributed by atoms with Gasteiger partial charge in [-0.25, -0.2) is 0 Å². The third-order valence-corrected chi connectivity index (χ3v) is 6.30. The van der Waals surface area contributed by atoms with Crippen LogP contribution in [0.4, 0.5) is 0 Å². The van der Waals surface area contributed by atoms with Crippen LogP contribution < -0.4 is 0 Å². The second kappa shape index (κ2) is 4.59. The number of fused-ring (bicyclic) bond motifs is 1. The van der Waals surface area contributed by atoms with Gasteiger partial charge in [0, 0.05) is 23.5 Å².